The van der Waals surface area contributed by atoms with Crippen molar-refractivity contribution in [3.8, 4) is 0 Å². The van der Waals surface area contributed by atoms with Gasteiger partial charge in [-0.3, -0.25) is 0 Å². The molecular formula is C22H4Br14O4. The van der Waals surface area contributed by atoms with Crippen molar-refractivity contribution in [3.63, 3.8) is 0 Å². The standard InChI is InChI=1S/C22H4Br14O4/c23-7-3-1-5(11(25)13(7)27)21(33,34)39-19(37)9-10(16(30)18(32)17(31)15(9)29)20(38)40-22(35,36)6-2-4-8(24)14(28)12(6)26/h1-4H. The maximum atomic E-state index is 13.8. The second-order valence-corrected chi connectivity index (χ2v) is 21.9. The first-order valence-corrected chi connectivity index (χ1v) is 20.8. The van der Waals surface area contributed by atoms with Crippen molar-refractivity contribution < 1.29 is 19.1 Å². The van der Waals surface area contributed by atoms with E-state index in [1.54, 1.807) is 24.3 Å². The van der Waals surface area contributed by atoms with E-state index in [9.17, 15) is 9.59 Å². The average molecular weight is 1450 g/mol. The van der Waals surface area contributed by atoms with Crippen LogP contribution >= 0.6 is 223 Å². The lowest BCUT2D eigenvalue weighted by Gasteiger charge is -2.26. The average Bonchev–Trinajstić information content (AvgIpc) is 2.85. The summed E-state index contributed by atoms with van der Waals surface area (Å²) >= 11 is 48.4. The van der Waals surface area contributed by atoms with Crippen LogP contribution in [-0.2, 0) is 16.3 Å². The zero-order valence-corrected chi connectivity index (χ0v) is 40.4. The lowest BCUT2D eigenvalue weighted by Crippen LogP contribution is -2.26. The van der Waals surface area contributed by atoms with Gasteiger partial charge in [-0.05, 0) is 235 Å². The fourth-order valence-electron chi connectivity index (χ4n) is 2.96. The highest BCUT2D eigenvalue weighted by Gasteiger charge is 2.40. The summed E-state index contributed by atoms with van der Waals surface area (Å²) in [5.41, 5.74) is 0.873. The van der Waals surface area contributed by atoms with Gasteiger partial charge in [0.15, 0.2) is 0 Å². The number of benzene rings is 3. The van der Waals surface area contributed by atoms with Crippen LogP contribution < -0.4 is 0 Å². The number of esters is 2. The van der Waals surface area contributed by atoms with Crippen LogP contribution in [0, 0.1) is 0 Å². The lowest BCUT2D eigenvalue weighted by molar-refractivity contribution is 0.0371. The SMILES string of the molecule is O=C(OC(Br)(Br)c1ccc(Br)c(Br)c1Br)c1c(Br)c(Br)c(Br)c(Br)c1C(=O)OC(Br)(Br)c1ccc(Br)c(Br)c1Br. The maximum Gasteiger partial charge on any atom is 0.342 e. The molecular weight excluding hydrogens is 1450 g/mol. The molecule has 0 saturated carbocycles. The van der Waals surface area contributed by atoms with Gasteiger partial charge in [0.2, 0.25) is 6.84 Å². The van der Waals surface area contributed by atoms with Crippen molar-refractivity contribution >= 4 is 235 Å². The molecule has 0 aliphatic carbocycles. The highest BCUT2D eigenvalue weighted by atomic mass is 79.9. The molecule has 3 rings (SSSR count). The number of ether oxygens (including phenoxy) is 2. The number of carbonyl (C=O) groups is 2. The number of hydrogen-bond acceptors (Lipinski definition) is 4. The van der Waals surface area contributed by atoms with Crippen molar-refractivity contribution in [3.05, 3.63) is 91.2 Å². The third-order valence-corrected chi connectivity index (χ3v) is 18.7. The smallest absolute Gasteiger partial charge is 0.342 e. The summed E-state index contributed by atoms with van der Waals surface area (Å²) < 4.78 is 14.5. The Hall–Kier alpha value is 3.32. The molecule has 18 heteroatoms. The van der Waals surface area contributed by atoms with Crippen LogP contribution in [0.4, 0.5) is 0 Å². The Morgan fingerprint density at radius 1 is 0.450 bits per heavy atom. The highest BCUT2D eigenvalue weighted by Crippen LogP contribution is 2.51. The molecule has 0 heterocycles. The van der Waals surface area contributed by atoms with E-state index in [4.69, 9.17) is 9.47 Å². The van der Waals surface area contributed by atoms with Crippen LogP contribution in [0.25, 0.3) is 0 Å². The number of alkyl halides is 4. The van der Waals surface area contributed by atoms with Gasteiger partial charge < -0.3 is 9.47 Å². The first-order chi connectivity index (χ1) is 18.3. The maximum absolute atomic E-state index is 13.8. The predicted molar refractivity (Wildman–Crippen MR) is 206 cm³/mol. The second-order valence-electron chi connectivity index (χ2n) is 7.26. The van der Waals surface area contributed by atoms with E-state index in [0.717, 1.165) is 8.95 Å². The lowest BCUT2D eigenvalue weighted by atomic mass is 10.1. The normalized spacial score (nSPS) is 11.9. The molecule has 0 atom stereocenters. The van der Waals surface area contributed by atoms with Crippen molar-refractivity contribution in [2.24, 2.45) is 0 Å². The molecule has 0 radical (unpaired) electrons. The Morgan fingerprint density at radius 2 is 0.750 bits per heavy atom. The largest absolute Gasteiger partial charge is 0.429 e. The summed E-state index contributed by atoms with van der Waals surface area (Å²) in [4.78, 5) is 27.5. The first kappa shape index (κ1) is 37.8. The van der Waals surface area contributed by atoms with Gasteiger partial charge in [0.05, 0.1) is 11.1 Å². The van der Waals surface area contributed by atoms with E-state index >= 15 is 0 Å². The Labute approximate surface area is 346 Å². The van der Waals surface area contributed by atoms with Gasteiger partial charge >= 0.3 is 11.9 Å². The van der Waals surface area contributed by atoms with E-state index in [1.165, 1.54) is 0 Å². The molecule has 0 aromatic heterocycles. The van der Waals surface area contributed by atoms with Gasteiger partial charge in [-0.25, -0.2) is 9.59 Å². The summed E-state index contributed by atoms with van der Waals surface area (Å²) in [5.74, 6) is -1.70. The summed E-state index contributed by atoms with van der Waals surface area (Å²) in [7, 11) is 0. The quantitative estimate of drug-likeness (QED) is 0.107. The van der Waals surface area contributed by atoms with E-state index < -0.39 is 18.8 Å². The van der Waals surface area contributed by atoms with Crippen LogP contribution in [0.1, 0.15) is 31.8 Å². The zero-order chi connectivity index (χ0) is 30.5. The summed E-state index contributed by atoms with van der Waals surface area (Å²) in [6.07, 6.45) is 0. The van der Waals surface area contributed by atoms with E-state index in [2.05, 4.69) is 223 Å². The molecule has 0 aliphatic heterocycles. The molecule has 0 aliphatic rings. The number of halogens is 14. The monoisotopic (exact) mass is 1440 g/mol. The van der Waals surface area contributed by atoms with Gasteiger partial charge in [0.25, 0.3) is 0 Å². The third-order valence-electron chi connectivity index (χ3n) is 4.81. The molecule has 0 spiro atoms. The fraction of sp³-hybridized carbons (Fsp3) is 0.0909. The molecule has 0 bridgehead atoms. The Kier molecular flexibility index (Phi) is 14.2. The summed E-state index contributed by atoms with van der Waals surface area (Å²) in [5, 5.41) is 0. The van der Waals surface area contributed by atoms with Gasteiger partial charge in [0.1, 0.15) is 0 Å². The molecule has 0 fully saturated rings. The number of carbonyl (C=O) groups excluding carboxylic acids is 2. The number of rotatable bonds is 6. The molecule has 0 unspecified atom stereocenters. The minimum atomic E-state index is -1.48. The van der Waals surface area contributed by atoms with Crippen LogP contribution in [-0.4, -0.2) is 11.9 Å². The van der Waals surface area contributed by atoms with Crippen LogP contribution in [0.15, 0.2) is 69.0 Å². The van der Waals surface area contributed by atoms with Gasteiger partial charge in [-0.15, -0.1) is 0 Å². The molecule has 40 heavy (non-hydrogen) atoms. The minimum absolute atomic E-state index is 0.102. The fourth-order valence-corrected chi connectivity index (χ4v) is 11.5. The molecule has 4 nitrogen and oxygen atoms in total. The van der Waals surface area contributed by atoms with Gasteiger partial charge in [0, 0.05) is 55.9 Å². The highest BCUT2D eigenvalue weighted by molar-refractivity contribution is 9.25. The Balaban J connectivity index is 2.11. The van der Waals surface area contributed by atoms with E-state index in [-0.39, 0.29) is 20.1 Å². The van der Waals surface area contributed by atoms with Crippen molar-refractivity contribution in [2.75, 3.05) is 0 Å². The number of hydrogen-bond donors (Lipinski definition) is 0. The van der Waals surface area contributed by atoms with Crippen molar-refractivity contribution in [2.45, 2.75) is 6.84 Å². The van der Waals surface area contributed by atoms with Gasteiger partial charge in [-0.2, -0.15) is 0 Å². The first-order valence-electron chi connectivity index (χ1n) is 9.69. The zero-order valence-electron chi connectivity index (χ0n) is 18.2. The third kappa shape index (κ3) is 8.06. The van der Waals surface area contributed by atoms with Crippen LogP contribution in [0.3, 0.4) is 0 Å². The molecule has 0 saturated heterocycles. The topological polar surface area (TPSA) is 52.6 Å². The van der Waals surface area contributed by atoms with Crippen molar-refractivity contribution in [1.29, 1.82) is 0 Å². The van der Waals surface area contributed by atoms with Crippen LogP contribution in [0.5, 0.6) is 0 Å². The minimum Gasteiger partial charge on any atom is -0.429 e. The van der Waals surface area contributed by atoms with Crippen LogP contribution in [0.2, 0.25) is 0 Å². The second kappa shape index (κ2) is 15.0. The molecule has 214 valence electrons. The summed E-state index contributed by atoms with van der Waals surface area (Å²) in [6, 6.07) is 7.05. The Bertz CT molecular complexity index is 1440. The Morgan fingerprint density at radius 3 is 1.05 bits per heavy atom. The molecule has 3 aromatic rings. The molecule has 0 amide bonds. The van der Waals surface area contributed by atoms with Gasteiger partial charge in [-0.1, -0.05) is 12.1 Å². The van der Waals surface area contributed by atoms with E-state index in [0.29, 0.717) is 38.0 Å². The van der Waals surface area contributed by atoms with E-state index in [1.807, 2.05) is 0 Å². The summed E-state index contributed by atoms with van der Waals surface area (Å²) in [6.45, 7) is 0. The molecule has 3 aromatic carbocycles. The molecule has 0 N–H and O–H groups in total. The predicted octanol–water partition coefficient (Wildman–Crippen LogP) is 14.8. The van der Waals surface area contributed by atoms with Crippen molar-refractivity contribution in [1.82, 2.24) is 0 Å².